The maximum Gasteiger partial charge on any atom is 0.269 e. The molecule has 0 saturated carbocycles. The number of halogens is 1. The summed E-state index contributed by atoms with van der Waals surface area (Å²) in [4.78, 5) is 38.0. The number of non-ortho nitro benzene ring substituents is 1. The van der Waals surface area contributed by atoms with E-state index in [0.717, 1.165) is 0 Å². The second-order valence-corrected chi connectivity index (χ2v) is 5.99. The first-order chi connectivity index (χ1) is 11.4. The lowest BCUT2D eigenvalue weighted by atomic mass is 10.1. The molecular weight excluding hydrogens is 348 g/mol. The van der Waals surface area contributed by atoms with Crippen molar-refractivity contribution in [3.63, 3.8) is 0 Å². The molecule has 1 heterocycles. The van der Waals surface area contributed by atoms with Gasteiger partial charge in [0.15, 0.2) is 0 Å². The summed E-state index contributed by atoms with van der Waals surface area (Å²) in [6, 6.07) is 5.56. The molecule has 1 unspecified atom stereocenters. The number of nitro groups is 1. The lowest BCUT2D eigenvalue weighted by molar-refractivity contribution is -0.384. The van der Waals surface area contributed by atoms with Crippen LogP contribution in [-0.2, 0) is 4.79 Å². The number of hydrogen-bond donors (Lipinski definition) is 1. The van der Waals surface area contributed by atoms with Crippen LogP contribution in [0.15, 0.2) is 24.3 Å². The Hall–Kier alpha value is -2.19. The summed E-state index contributed by atoms with van der Waals surface area (Å²) < 4.78 is 0. The van der Waals surface area contributed by atoms with Crippen LogP contribution in [0.25, 0.3) is 0 Å². The SMILES string of the molecule is CC(N)CCC(=O)N1CCN(C(=O)c2ccc([N+](=O)[O-])cc2)CC1.Cl. The molecule has 0 aliphatic carbocycles. The van der Waals surface area contributed by atoms with Gasteiger partial charge in [-0.15, -0.1) is 12.4 Å². The van der Waals surface area contributed by atoms with E-state index in [1.807, 2.05) is 6.92 Å². The van der Waals surface area contributed by atoms with Gasteiger partial charge in [0, 0.05) is 56.3 Å². The highest BCUT2D eigenvalue weighted by molar-refractivity contribution is 5.94. The number of piperazine rings is 1. The van der Waals surface area contributed by atoms with Crippen LogP contribution < -0.4 is 5.73 Å². The molecule has 9 heteroatoms. The fourth-order valence-electron chi connectivity index (χ4n) is 2.58. The molecule has 1 saturated heterocycles. The third-order valence-electron chi connectivity index (χ3n) is 4.06. The quantitative estimate of drug-likeness (QED) is 0.622. The molecular formula is C16H23ClN4O4. The van der Waals surface area contributed by atoms with Crippen molar-refractivity contribution < 1.29 is 14.5 Å². The number of carbonyl (C=O) groups is 2. The second-order valence-electron chi connectivity index (χ2n) is 5.99. The smallest absolute Gasteiger partial charge is 0.269 e. The molecule has 0 bridgehead atoms. The number of benzene rings is 1. The molecule has 1 aromatic carbocycles. The van der Waals surface area contributed by atoms with Crippen LogP contribution in [0.3, 0.4) is 0 Å². The van der Waals surface area contributed by atoms with Gasteiger partial charge >= 0.3 is 0 Å². The molecule has 1 aliphatic rings. The zero-order valence-electron chi connectivity index (χ0n) is 14.1. The van der Waals surface area contributed by atoms with Crippen molar-refractivity contribution in [1.29, 1.82) is 0 Å². The van der Waals surface area contributed by atoms with Crippen LogP contribution in [-0.4, -0.2) is 58.8 Å². The maximum atomic E-state index is 12.4. The van der Waals surface area contributed by atoms with Crippen molar-refractivity contribution in [3.8, 4) is 0 Å². The van der Waals surface area contributed by atoms with Gasteiger partial charge in [0.1, 0.15) is 0 Å². The van der Waals surface area contributed by atoms with Crippen molar-refractivity contribution in [3.05, 3.63) is 39.9 Å². The average molecular weight is 371 g/mol. The normalized spacial score (nSPS) is 15.3. The number of nitrogens with two attached hydrogens (primary N) is 1. The first-order valence-corrected chi connectivity index (χ1v) is 7.95. The standard InChI is InChI=1S/C16H22N4O4.ClH/c1-12(17)2-7-15(21)18-8-10-19(11-9-18)16(22)13-3-5-14(6-4-13)20(23)24;/h3-6,12H,2,7-11,17H2,1H3;1H. The molecule has 8 nitrogen and oxygen atoms in total. The Bertz CT molecular complexity index is 613. The predicted octanol–water partition coefficient (Wildman–Crippen LogP) is 1.43. The summed E-state index contributed by atoms with van der Waals surface area (Å²) >= 11 is 0. The van der Waals surface area contributed by atoms with Crippen LogP contribution in [0.2, 0.25) is 0 Å². The molecule has 2 N–H and O–H groups in total. The number of nitro benzene ring substituents is 1. The van der Waals surface area contributed by atoms with Crippen molar-refractivity contribution in [1.82, 2.24) is 9.80 Å². The van der Waals surface area contributed by atoms with E-state index in [9.17, 15) is 19.7 Å². The van der Waals surface area contributed by atoms with Gasteiger partial charge in [-0.3, -0.25) is 19.7 Å². The number of rotatable bonds is 5. The highest BCUT2D eigenvalue weighted by atomic mass is 35.5. The zero-order valence-corrected chi connectivity index (χ0v) is 14.9. The minimum absolute atomic E-state index is 0. The third-order valence-corrected chi connectivity index (χ3v) is 4.06. The molecule has 0 aromatic heterocycles. The molecule has 1 fully saturated rings. The Morgan fingerprint density at radius 1 is 1.16 bits per heavy atom. The van der Waals surface area contributed by atoms with E-state index in [1.165, 1.54) is 24.3 Å². The predicted molar refractivity (Wildman–Crippen MR) is 95.7 cm³/mol. The van der Waals surface area contributed by atoms with Gasteiger partial charge in [-0.25, -0.2) is 0 Å². The van der Waals surface area contributed by atoms with Crippen molar-refractivity contribution in [2.24, 2.45) is 5.73 Å². The van der Waals surface area contributed by atoms with Gasteiger partial charge in [0.05, 0.1) is 4.92 Å². The molecule has 2 amide bonds. The Labute approximate surface area is 152 Å². The Kier molecular flexibility index (Phi) is 7.79. The topological polar surface area (TPSA) is 110 Å². The number of carbonyl (C=O) groups excluding carboxylic acids is 2. The van der Waals surface area contributed by atoms with Crippen molar-refractivity contribution >= 4 is 29.9 Å². The van der Waals surface area contributed by atoms with Gasteiger partial charge in [0.2, 0.25) is 5.91 Å². The van der Waals surface area contributed by atoms with Crippen LogP contribution >= 0.6 is 12.4 Å². The largest absolute Gasteiger partial charge is 0.339 e. The molecule has 1 aliphatic heterocycles. The van der Waals surface area contributed by atoms with E-state index in [2.05, 4.69) is 0 Å². The van der Waals surface area contributed by atoms with Crippen molar-refractivity contribution in [2.75, 3.05) is 26.2 Å². The molecule has 1 aromatic rings. The van der Waals surface area contributed by atoms with E-state index < -0.39 is 4.92 Å². The number of hydrogen-bond acceptors (Lipinski definition) is 5. The maximum absolute atomic E-state index is 12.4. The lowest BCUT2D eigenvalue weighted by Crippen LogP contribution is -2.50. The fourth-order valence-corrected chi connectivity index (χ4v) is 2.58. The van der Waals surface area contributed by atoms with Gasteiger partial charge < -0.3 is 15.5 Å². The van der Waals surface area contributed by atoms with Gasteiger partial charge in [-0.05, 0) is 25.5 Å². The highest BCUT2D eigenvalue weighted by Crippen LogP contribution is 2.15. The minimum atomic E-state index is -0.499. The molecule has 0 spiro atoms. The highest BCUT2D eigenvalue weighted by Gasteiger charge is 2.25. The summed E-state index contributed by atoms with van der Waals surface area (Å²) in [5.74, 6) is -0.109. The Balaban J connectivity index is 0.00000312. The summed E-state index contributed by atoms with van der Waals surface area (Å²) in [7, 11) is 0. The third kappa shape index (κ3) is 5.68. The van der Waals surface area contributed by atoms with Crippen molar-refractivity contribution in [2.45, 2.75) is 25.8 Å². The van der Waals surface area contributed by atoms with Crippen LogP contribution in [0.4, 0.5) is 5.69 Å². The molecule has 138 valence electrons. The van der Waals surface area contributed by atoms with Crippen LogP contribution in [0, 0.1) is 10.1 Å². The van der Waals surface area contributed by atoms with E-state index in [0.29, 0.717) is 44.6 Å². The Morgan fingerprint density at radius 2 is 1.68 bits per heavy atom. The van der Waals surface area contributed by atoms with Gasteiger partial charge in [0.25, 0.3) is 11.6 Å². The van der Waals surface area contributed by atoms with E-state index in [4.69, 9.17) is 5.73 Å². The molecule has 25 heavy (non-hydrogen) atoms. The first kappa shape index (κ1) is 20.9. The van der Waals surface area contributed by atoms with Gasteiger partial charge in [-0.1, -0.05) is 0 Å². The Morgan fingerprint density at radius 3 is 2.16 bits per heavy atom. The molecule has 1 atom stereocenters. The van der Waals surface area contributed by atoms with E-state index >= 15 is 0 Å². The minimum Gasteiger partial charge on any atom is -0.339 e. The molecule has 0 radical (unpaired) electrons. The van der Waals surface area contributed by atoms with E-state index in [-0.39, 0.29) is 36.0 Å². The second kappa shape index (κ2) is 9.33. The number of amides is 2. The summed E-state index contributed by atoms with van der Waals surface area (Å²) in [6.07, 6.45) is 1.08. The summed E-state index contributed by atoms with van der Waals surface area (Å²) in [6.45, 7) is 3.78. The average Bonchev–Trinajstić information content (AvgIpc) is 2.59. The monoisotopic (exact) mass is 370 g/mol. The summed E-state index contributed by atoms with van der Waals surface area (Å²) in [5.41, 5.74) is 6.03. The van der Waals surface area contributed by atoms with Crippen LogP contribution in [0.1, 0.15) is 30.1 Å². The fraction of sp³-hybridized carbons (Fsp3) is 0.500. The lowest BCUT2D eigenvalue weighted by Gasteiger charge is -2.35. The van der Waals surface area contributed by atoms with E-state index in [1.54, 1.807) is 9.80 Å². The summed E-state index contributed by atoms with van der Waals surface area (Å²) in [5, 5.41) is 10.6. The molecule has 2 rings (SSSR count). The van der Waals surface area contributed by atoms with Gasteiger partial charge in [-0.2, -0.15) is 0 Å². The zero-order chi connectivity index (χ0) is 17.7. The van der Waals surface area contributed by atoms with Crippen LogP contribution in [0.5, 0.6) is 0 Å². The first-order valence-electron chi connectivity index (χ1n) is 7.95. The number of nitrogens with zero attached hydrogens (tertiary/aromatic N) is 3.